The van der Waals surface area contributed by atoms with Crippen molar-refractivity contribution in [1.29, 1.82) is 0 Å². The molecule has 34 heavy (non-hydrogen) atoms. The number of hydrogen-bond donors (Lipinski definition) is 0. The zero-order valence-corrected chi connectivity index (χ0v) is 19.4. The number of rotatable bonds is 5. The molecule has 0 saturated heterocycles. The topological polar surface area (TPSA) is 48.1 Å². The van der Waals surface area contributed by atoms with Crippen molar-refractivity contribution in [1.82, 2.24) is 24.0 Å². The highest BCUT2D eigenvalue weighted by Crippen LogP contribution is 2.33. The third-order valence-electron chi connectivity index (χ3n) is 6.82. The largest absolute Gasteiger partial charge is 0.495 e. The molecule has 1 aliphatic heterocycles. The summed E-state index contributed by atoms with van der Waals surface area (Å²) in [6, 6.07) is 21.9. The Morgan fingerprint density at radius 2 is 1.91 bits per heavy atom. The number of nitrogens with zero attached hydrogens (tertiary/aromatic N) is 5. The SMILES string of the molecule is COc1cc2c(cc1-n1ccnc1)CC(C)N(Cc1cccc(-n3cnc4ccccc43)c1)C2. The minimum absolute atomic E-state index is 0.439. The van der Waals surface area contributed by atoms with Crippen LogP contribution in [-0.4, -0.2) is 37.2 Å². The highest BCUT2D eigenvalue weighted by molar-refractivity contribution is 5.77. The molecule has 3 aromatic carbocycles. The van der Waals surface area contributed by atoms with Crippen molar-refractivity contribution in [2.24, 2.45) is 0 Å². The molecule has 0 bridgehead atoms. The molecule has 2 aromatic heterocycles. The number of para-hydroxylation sites is 2. The predicted octanol–water partition coefficient (Wildman–Crippen LogP) is 5.17. The first-order valence-corrected chi connectivity index (χ1v) is 11.6. The van der Waals surface area contributed by atoms with Crippen molar-refractivity contribution in [3.8, 4) is 17.1 Å². The number of ether oxygens (including phenoxy) is 1. The van der Waals surface area contributed by atoms with Crippen LogP contribution in [0.1, 0.15) is 23.6 Å². The van der Waals surface area contributed by atoms with Gasteiger partial charge < -0.3 is 9.30 Å². The second kappa shape index (κ2) is 8.47. The molecule has 0 radical (unpaired) electrons. The Hall–Kier alpha value is -3.90. The summed E-state index contributed by atoms with van der Waals surface area (Å²) in [5, 5.41) is 0. The standard InChI is InChI=1S/C28H27N5O/c1-20-12-22-14-27(31-11-10-29-18-31)28(34-2)15-23(22)17-32(20)16-21-6-5-7-24(13-21)33-19-30-25-8-3-4-9-26(25)33/h3-11,13-15,18-20H,12,16-17H2,1-2H3. The minimum atomic E-state index is 0.439. The average Bonchev–Trinajstić information content (AvgIpc) is 3.54. The van der Waals surface area contributed by atoms with Crippen LogP contribution in [0.25, 0.3) is 22.4 Å². The third-order valence-corrected chi connectivity index (χ3v) is 6.82. The van der Waals surface area contributed by atoms with E-state index in [1.165, 1.54) is 16.7 Å². The Kier molecular flexibility index (Phi) is 5.15. The van der Waals surface area contributed by atoms with E-state index in [1.54, 1.807) is 13.3 Å². The highest BCUT2D eigenvalue weighted by Gasteiger charge is 2.25. The lowest BCUT2D eigenvalue weighted by atomic mass is 9.93. The molecule has 0 fully saturated rings. The van der Waals surface area contributed by atoms with Crippen molar-refractivity contribution in [2.45, 2.75) is 32.5 Å². The van der Waals surface area contributed by atoms with Gasteiger partial charge in [-0.25, -0.2) is 9.97 Å². The van der Waals surface area contributed by atoms with Gasteiger partial charge in [-0.3, -0.25) is 9.47 Å². The van der Waals surface area contributed by atoms with Crippen LogP contribution in [-0.2, 0) is 19.5 Å². The van der Waals surface area contributed by atoms with Crippen molar-refractivity contribution in [2.75, 3.05) is 7.11 Å². The first-order chi connectivity index (χ1) is 16.7. The van der Waals surface area contributed by atoms with E-state index in [-0.39, 0.29) is 0 Å². The monoisotopic (exact) mass is 449 g/mol. The Bertz CT molecular complexity index is 1450. The van der Waals surface area contributed by atoms with Gasteiger partial charge in [-0.05, 0) is 66.4 Å². The number of aromatic nitrogens is 4. The molecular weight excluding hydrogens is 422 g/mol. The molecule has 1 unspecified atom stereocenters. The number of hydrogen-bond acceptors (Lipinski definition) is 4. The van der Waals surface area contributed by atoms with Gasteiger partial charge in [-0.2, -0.15) is 0 Å². The zero-order valence-electron chi connectivity index (χ0n) is 19.4. The Morgan fingerprint density at radius 3 is 2.76 bits per heavy atom. The summed E-state index contributed by atoms with van der Waals surface area (Å²) in [4.78, 5) is 11.3. The summed E-state index contributed by atoms with van der Waals surface area (Å²) in [6.07, 6.45) is 8.49. The maximum atomic E-state index is 5.73. The number of methoxy groups -OCH3 is 1. The maximum Gasteiger partial charge on any atom is 0.143 e. The molecule has 0 amide bonds. The van der Waals surface area contributed by atoms with E-state index in [1.807, 2.05) is 29.5 Å². The molecule has 1 atom stereocenters. The molecule has 0 spiro atoms. The molecule has 0 saturated carbocycles. The fourth-order valence-electron chi connectivity index (χ4n) is 5.00. The highest BCUT2D eigenvalue weighted by atomic mass is 16.5. The molecule has 6 heteroatoms. The third kappa shape index (κ3) is 3.66. The summed E-state index contributed by atoms with van der Waals surface area (Å²) >= 11 is 0. The fraction of sp³-hybridized carbons (Fsp3) is 0.214. The molecule has 0 aliphatic carbocycles. The van der Waals surface area contributed by atoms with E-state index in [0.29, 0.717) is 6.04 Å². The van der Waals surface area contributed by atoms with Crippen LogP contribution in [0, 0.1) is 0 Å². The fourth-order valence-corrected chi connectivity index (χ4v) is 5.00. The van der Waals surface area contributed by atoms with E-state index < -0.39 is 0 Å². The molecule has 170 valence electrons. The summed E-state index contributed by atoms with van der Waals surface area (Å²) in [5.74, 6) is 0.875. The Morgan fingerprint density at radius 1 is 1.00 bits per heavy atom. The van der Waals surface area contributed by atoms with E-state index in [4.69, 9.17) is 4.74 Å². The summed E-state index contributed by atoms with van der Waals surface area (Å²) in [6.45, 7) is 4.11. The molecule has 1 aliphatic rings. The van der Waals surface area contributed by atoms with Crippen LogP contribution in [0.3, 0.4) is 0 Å². The van der Waals surface area contributed by atoms with Crippen LogP contribution < -0.4 is 4.74 Å². The van der Waals surface area contributed by atoms with E-state index >= 15 is 0 Å². The lowest BCUT2D eigenvalue weighted by Crippen LogP contribution is -2.37. The van der Waals surface area contributed by atoms with Crippen molar-refractivity contribution < 1.29 is 4.74 Å². The van der Waals surface area contributed by atoms with Crippen molar-refractivity contribution in [3.05, 3.63) is 102 Å². The smallest absolute Gasteiger partial charge is 0.143 e. The number of benzene rings is 3. The van der Waals surface area contributed by atoms with Crippen LogP contribution in [0.2, 0.25) is 0 Å². The lowest BCUT2D eigenvalue weighted by molar-refractivity contribution is 0.175. The average molecular weight is 450 g/mol. The molecule has 6 nitrogen and oxygen atoms in total. The van der Waals surface area contributed by atoms with Gasteiger partial charge in [-0.15, -0.1) is 0 Å². The van der Waals surface area contributed by atoms with Gasteiger partial charge in [0.1, 0.15) is 12.1 Å². The van der Waals surface area contributed by atoms with Crippen LogP contribution in [0.5, 0.6) is 5.75 Å². The normalized spacial score (nSPS) is 16.0. The first kappa shape index (κ1) is 20.7. The Balaban J connectivity index is 1.28. The van der Waals surface area contributed by atoms with Crippen molar-refractivity contribution >= 4 is 11.0 Å². The molecule has 5 aromatic rings. The minimum Gasteiger partial charge on any atom is -0.495 e. The van der Waals surface area contributed by atoms with Gasteiger partial charge in [0.25, 0.3) is 0 Å². The van der Waals surface area contributed by atoms with Crippen LogP contribution >= 0.6 is 0 Å². The van der Waals surface area contributed by atoms with Gasteiger partial charge in [0.05, 0.1) is 30.2 Å². The molecule has 6 rings (SSSR count). The van der Waals surface area contributed by atoms with E-state index in [9.17, 15) is 0 Å². The molecular formula is C28H27N5O. The number of fused-ring (bicyclic) bond motifs is 2. The van der Waals surface area contributed by atoms with Crippen molar-refractivity contribution in [3.63, 3.8) is 0 Å². The van der Waals surface area contributed by atoms with E-state index in [0.717, 1.165) is 47.7 Å². The summed E-state index contributed by atoms with van der Waals surface area (Å²) in [5.41, 5.74) is 8.33. The predicted molar refractivity (Wildman–Crippen MR) is 134 cm³/mol. The van der Waals surface area contributed by atoms with Gasteiger partial charge in [0.15, 0.2) is 0 Å². The van der Waals surface area contributed by atoms with Crippen LogP contribution in [0.15, 0.2) is 85.7 Å². The maximum absolute atomic E-state index is 5.73. The zero-order chi connectivity index (χ0) is 23.1. The van der Waals surface area contributed by atoms with Gasteiger partial charge >= 0.3 is 0 Å². The second-order valence-corrected chi connectivity index (χ2v) is 8.99. The van der Waals surface area contributed by atoms with Gasteiger partial charge in [-0.1, -0.05) is 24.3 Å². The van der Waals surface area contributed by atoms with Crippen LogP contribution in [0.4, 0.5) is 0 Å². The summed E-state index contributed by atoms with van der Waals surface area (Å²) < 4.78 is 9.91. The van der Waals surface area contributed by atoms with Gasteiger partial charge in [0, 0.05) is 37.2 Å². The summed E-state index contributed by atoms with van der Waals surface area (Å²) in [7, 11) is 1.73. The van der Waals surface area contributed by atoms with Gasteiger partial charge in [0.2, 0.25) is 0 Å². The van der Waals surface area contributed by atoms with E-state index in [2.05, 4.69) is 81.0 Å². The Labute approximate surface area is 199 Å². The lowest BCUT2D eigenvalue weighted by Gasteiger charge is -2.35. The molecule has 3 heterocycles. The quantitative estimate of drug-likeness (QED) is 0.372. The first-order valence-electron chi connectivity index (χ1n) is 11.6. The molecule has 0 N–H and O–H groups in total. The second-order valence-electron chi connectivity index (χ2n) is 8.99. The number of imidazole rings is 2.